The number of hydrogen-bond donors (Lipinski definition) is 2. The van der Waals surface area contributed by atoms with Crippen molar-refractivity contribution in [3.05, 3.63) is 40.0 Å². The Morgan fingerprint density at radius 3 is 2.67 bits per heavy atom. The molecule has 8 heteroatoms. The average molecular weight is 285 g/mol. The van der Waals surface area contributed by atoms with Gasteiger partial charge in [-0.05, 0) is 17.3 Å². The number of aromatic carboxylic acids is 1. The van der Waals surface area contributed by atoms with Crippen LogP contribution in [0.15, 0.2) is 24.3 Å². The molecule has 1 heterocycles. The molecule has 6 nitrogen and oxygen atoms in total. The van der Waals surface area contributed by atoms with Crippen molar-refractivity contribution in [3.63, 3.8) is 0 Å². The lowest BCUT2D eigenvalue weighted by Gasteiger charge is -2.09. The van der Waals surface area contributed by atoms with Gasteiger partial charge in [0, 0.05) is 0 Å². The predicted octanol–water partition coefficient (Wildman–Crippen LogP) is 2.62. The fourth-order valence-corrected chi connectivity index (χ4v) is 1.52. The Morgan fingerprint density at radius 1 is 1.22 bits per heavy atom. The summed E-state index contributed by atoms with van der Waals surface area (Å²) in [6, 6.07) is 6.32. The van der Waals surface area contributed by atoms with Gasteiger partial charge in [0.15, 0.2) is 11.0 Å². The van der Waals surface area contributed by atoms with Crippen LogP contribution in [0.2, 0.25) is 10.2 Å². The van der Waals surface area contributed by atoms with Gasteiger partial charge in [-0.1, -0.05) is 35.3 Å². The Hall–Kier alpha value is -1.92. The number of carboxylic acids is 1. The van der Waals surface area contributed by atoms with E-state index in [1.807, 2.05) is 0 Å². The van der Waals surface area contributed by atoms with E-state index in [0.29, 0.717) is 5.69 Å². The molecular weight excluding hydrogens is 279 g/mol. The lowest BCUT2D eigenvalue weighted by molar-refractivity contribution is 0.0698. The maximum Gasteiger partial charge on any atom is 0.337 e. The van der Waals surface area contributed by atoms with Crippen molar-refractivity contribution in [2.75, 3.05) is 5.32 Å². The van der Waals surface area contributed by atoms with Crippen molar-refractivity contribution in [1.29, 1.82) is 0 Å². The van der Waals surface area contributed by atoms with E-state index in [2.05, 4.69) is 20.7 Å². The largest absolute Gasteiger partial charge is 0.478 e. The molecule has 18 heavy (non-hydrogen) atoms. The minimum atomic E-state index is -1.07. The van der Waals surface area contributed by atoms with Gasteiger partial charge in [0.05, 0.1) is 11.3 Å². The number of carboxylic acid groups (broad SMARTS) is 1. The predicted molar refractivity (Wildman–Crippen MR) is 66.5 cm³/mol. The van der Waals surface area contributed by atoms with Crippen LogP contribution in [0.25, 0.3) is 0 Å². The topological polar surface area (TPSA) is 88.0 Å². The van der Waals surface area contributed by atoms with E-state index in [0.717, 1.165) is 0 Å². The van der Waals surface area contributed by atoms with E-state index in [4.69, 9.17) is 28.3 Å². The van der Waals surface area contributed by atoms with Crippen molar-refractivity contribution < 1.29 is 9.90 Å². The third-order valence-corrected chi connectivity index (χ3v) is 2.80. The molecule has 0 saturated heterocycles. The maximum absolute atomic E-state index is 11.0. The Balaban J connectivity index is 2.40. The molecule has 2 aromatic rings. The molecule has 0 aliphatic heterocycles. The highest BCUT2D eigenvalue weighted by Gasteiger charge is 2.13. The molecule has 2 N–H and O–H groups in total. The summed E-state index contributed by atoms with van der Waals surface area (Å²) in [6.45, 7) is 0. The molecule has 0 unspecified atom stereocenters. The molecule has 1 aromatic carbocycles. The third-order valence-electron chi connectivity index (χ3n) is 2.08. The van der Waals surface area contributed by atoms with Gasteiger partial charge in [-0.3, -0.25) is 0 Å². The van der Waals surface area contributed by atoms with Crippen LogP contribution < -0.4 is 5.32 Å². The van der Waals surface area contributed by atoms with Gasteiger partial charge >= 0.3 is 5.97 Å². The van der Waals surface area contributed by atoms with Gasteiger partial charge in [0.2, 0.25) is 0 Å². The molecule has 0 amide bonds. The van der Waals surface area contributed by atoms with Gasteiger partial charge in [-0.15, -0.1) is 10.2 Å². The highest BCUT2D eigenvalue weighted by molar-refractivity contribution is 6.42. The first-order valence-electron chi connectivity index (χ1n) is 4.73. The zero-order valence-corrected chi connectivity index (χ0v) is 10.3. The zero-order chi connectivity index (χ0) is 13.1. The number of anilines is 2. The number of nitrogens with one attached hydrogen (secondary N) is 1. The summed E-state index contributed by atoms with van der Waals surface area (Å²) in [4.78, 5) is 11.0. The molecule has 1 aromatic heterocycles. The number of hydrogen-bond acceptors (Lipinski definition) is 5. The van der Waals surface area contributed by atoms with Crippen LogP contribution in [-0.4, -0.2) is 26.5 Å². The van der Waals surface area contributed by atoms with Crippen LogP contribution >= 0.6 is 23.2 Å². The monoisotopic (exact) mass is 284 g/mol. The molecule has 0 fully saturated rings. The first kappa shape index (κ1) is 12.5. The van der Waals surface area contributed by atoms with Crippen LogP contribution in [0.1, 0.15) is 10.4 Å². The van der Waals surface area contributed by atoms with Crippen LogP contribution in [0.3, 0.4) is 0 Å². The van der Waals surface area contributed by atoms with Gasteiger partial charge in [0.25, 0.3) is 0 Å². The molecular formula is C10H6Cl2N4O2. The normalized spacial score (nSPS) is 10.1. The maximum atomic E-state index is 11.0. The molecule has 0 radical (unpaired) electrons. The van der Waals surface area contributed by atoms with Crippen molar-refractivity contribution in [2.45, 2.75) is 0 Å². The number of aromatic nitrogens is 3. The zero-order valence-electron chi connectivity index (χ0n) is 8.76. The van der Waals surface area contributed by atoms with Crippen LogP contribution in [-0.2, 0) is 0 Å². The molecule has 92 valence electrons. The van der Waals surface area contributed by atoms with E-state index < -0.39 is 5.97 Å². The summed E-state index contributed by atoms with van der Waals surface area (Å²) in [5.74, 6) is -0.923. The van der Waals surface area contributed by atoms with E-state index in [1.54, 1.807) is 18.2 Å². The average Bonchev–Trinajstić information content (AvgIpc) is 2.35. The Bertz CT molecular complexity index is 606. The van der Waals surface area contributed by atoms with Gasteiger partial charge in [-0.2, -0.15) is 0 Å². The second-order valence-electron chi connectivity index (χ2n) is 3.22. The number of carbonyl (C=O) groups is 1. The molecule has 2 rings (SSSR count). The minimum absolute atomic E-state index is 0.0121. The molecule has 0 aliphatic carbocycles. The molecule has 0 spiro atoms. The van der Waals surface area contributed by atoms with Crippen molar-refractivity contribution >= 4 is 40.7 Å². The summed E-state index contributed by atoms with van der Waals surface area (Å²) in [5, 5.41) is 22.3. The van der Waals surface area contributed by atoms with Crippen molar-refractivity contribution in [2.24, 2.45) is 0 Å². The molecule has 0 atom stereocenters. The summed E-state index contributed by atoms with van der Waals surface area (Å²) >= 11 is 11.5. The van der Waals surface area contributed by atoms with E-state index in [-0.39, 0.29) is 21.6 Å². The van der Waals surface area contributed by atoms with Gasteiger partial charge in [0.1, 0.15) is 5.02 Å². The highest BCUT2D eigenvalue weighted by atomic mass is 35.5. The Labute approximate surface area is 112 Å². The second-order valence-corrected chi connectivity index (χ2v) is 3.95. The van der Waals surface area contributed by atoms with Crippen LogP contribution in [0.5, 0.6) is 0 Å². The summed E-state index contributed by atoms with van der Waals surface area (Å²) in [5.41, 5.74) is 0.423. The molecule has 0 bridgehead atoms. The first-order chi connectivity index (χ1) is 8.59. The summed E-state index contributed by atoms with van der Waals surface area (Å²) < 4.78 is 0. The third kappa shape index (κ3) is 2.49. The first-order valence-corrected chi connectivity index (χ1v) is 5.49. The van der Waals surface area contributed by atoms with Crippen molar-refractivity contribution in [1.82, 2.24) is 15.4 Å². The number of nitrogens with zero attached hydrogens (tertiary/aromatic N) is 3. The standard InChI is InChI=1S/C10H6Cl2N4O2/c11-7-8(12)14-16-15-9(7)13-6-4-2-1-3-5(6)10(17)18/h1-4H,(H,17,18)(H,13,14,15). The fraction of sp³-hybridized carbons (Fsp3) is 0. The SMILES string of the molecule is O=C(O)c1ccccc1Nc1nnnc(Cl)c1Cl. The van der Waals surface area contributed by atoms with E-state index in [1.165, 1.54) is 6.07 Å². The van der Waals surface area contributed by atoms with Gasteiger partial charge < -0.3 is 10.4 Å². The lowest BCUT2D eigenvalue weighted by atomic mass is 10.2. The fourth-order valence-electron chi connectivity index (χ4n) is 1.28. The quantitative estimate of drug-likeness (QED) is 0.901. The number of para-hydroxylation sites is 1. The van der Waals surface area contributed by atoms with Crippen LogP contribution in [0.4, 0.5) is 11.5 Å². The number of benzene rings is 1. The Morgan fingerprint density at radius 2 is 1.94 bits per heavy atom. The second kappa shape index (κ2) is 5.16. The van der Waals surface area contributed by atoms with E-state index >= 15 is 0 Å². The van der Waals surface area contributed by atoms with Gasteiger partial charge in [-0.25, -0.2) is 4.79 Å². The molecule has 0 aliphatic rings. The van der Waals surface area contributed by atoms with E-state index in [9.17, 15) is 4.79 Å². The lowest BCUT2D eigenvalue weighted by Crippen LogP contribution is -2.05. The van der Waals surface area contributed by atoms with Crippen molar-refractivity contribution in [3.8, 4) is 0 Å². The smallest absolute Gasteiger partial charge is 0.337 e. The Kier molecular flexibility index (Phi) is 3.59. The number of rotatable bonds is 3. The summed E-state index contributed by atoms with van der Waals surface area (Å²) in [6.07, 6.45) is 0. The minimum Gasteiger partial charge on any atom is -0.478 e. The number of halogens is 2. The highest BCUT2D eigenvalue weighted by Crippen LogP contribution is 2.28. The summed E-state index contributed by atoms with van der Waals surface area (Å²) in [7, 11) is 0. The van der Waals surface area contributed by atoms with Crippen LogP contribution in [0, 0.1) is 0 Å². The molecule has 0 saturated carbocycles.